The number of amides is 2. The minimum atomic E-state index is -3.71. The Hall–Kier alpha value is -3.72. The van der Waals surface area contributed by atoms with Gasteiger partial charge in [0.25, 0.3) is 5.91 Å². The highest BCUT2D eigenvalue weighted by Gasteiger charge is 2.22. The van der Waals surface area contributed by atoms with Crippen LogP contribution in [-0.4, -0.2) is 38.0 Å². The highest BCUT2D eigenvalue weighted by molar-refractivity contribution is 7.92. The summed E-state index contributed by atoms with van der Waals surface area (Å²) in [4.78, 5) is 29.5. The van der Waals surface area contributed by atoms with Gasteiger partial charge in [-0.25, -0.2) is 8.42 Å². The first-order chi connectivity index (χ1) is 15.6. The van der Waals surface area contributed by atoms with Gasteiger partial charge in [0.15, 0.2) is 0 Å². The van der Waals surface area contributed by atoms with E-state index in [1.54, 1.807) is 54.9 Å². The van der Waals surface area contributed by atoms with E-state index in [4.69, 9.17) is 0 Å². The summed E-state index contributed by atoms with van der Waals surface area (Å²) >= 11 is 0. The Kier molecular flexibility index (Phi) is 7.44. The Morgan fingerprint density at radius 1 is 1.00 bits per heavy atom. The van der Waals surface area contributed by atoms with Gasteiger partial charge in [-0.2, -0.15) is 0 Å². The zero-order chi connectivity index (χ0) is 24.0. The number of anilines is 2. The van der Waals surface area contributed by atoms with Gasteiger partial charge in [0, 0.05) is 18.9 Å². The molecule has 3 aromatic rings. The molecule has 33 heavy (non-hydrogen) atoms. The van der Waals surface area contributed by atoms with E-state index < -0.39 is 22.5 Å². The van der Waals surface area contributed by atoms with Crippen LogP contribution in [0, 0.1) is 13.8 Å². The number of aryl methyl sites for hydroxylation is 2. The smallest absolute Gasteiger partial charge is 0.253 e. The fourth-order valence-electron chi connectivity index (χ4n) is 3.17. The minimum Gasteiger partial charge on any atom is -0.348 e. The van der Waals surface area contributed by atoms with Crippen LogP contribution in [-0.2, 0) is 21.4 Å². The van der Waals surface area contributed by atoms with Crippen molar-refractivity contribution in [2.45, 2.75) is 20.4 Å². The molecular formula is C24H26N4O4S. The van der Waals surface area contributed by atoms with E-state index in [0.29, 0.717) is 11.4 Å². The number of carbonyl (C=O) groups excluding carboxylic acids is 2. The molecule has 0 saturated carbocycles. The number of sulfonamides is 1. The summed E-state index contributed by atoms with van der Waals surface area (Å²) in [7, 11) is -3.71. The third kappa shape index (κ3) is 6.39. The molecule has 3 rings (SSSR count). The zero-order valence-corrected chi connectivity index (χ0v) is 19.5. The molecule has 0 aliphatic heterocycles. The quantitative estimate of drug-likeness (QED) is 0.531. The molecule has 0 saturated heterocycles. The highest BCUT2D eigenvalue weighted by Crippen LogP contribution is 2.22. The Morgan fingerprint density at radius 2 is 1.76 bits per heavy atom. The van der Waals surface area contributed by atoms with E-state index >= 15 is 0 Å². The van der Waals surface area contributed by atoms with Crippen molar-refractivity contribution in [1.29, 1.82) is 0 Å². The number of aromatic nitrogens is 1. The van der Waals surface area contributed by atoms with Gasteiger partial charge in [-0.1, -0.05) is 24.3 Å². The second-order valence-electron chi connectivity index (χ2n) is 7.68. The summed E-state index contributed by atoms with van der Waals surface area (Å²) in [5.41, 5.74) is 3.73. The average Bonchev–Trinajstić information content (AvgIpc) is 2.78. The number of nitrogens with zero attached hydrogens (tertiary/aromatic N) is 2. The van der Waals surface area contributed by atoms with Crippen LogP contribution < -0.4 is 14.9 Å². The van der Waals surface area contributed by atoms with E-state index in [1.807, 2.05) is 26.0 Å². The molecule has 0 bridgehead atoms. The Bertz CT molecular complexity index is 1260. The lowest BCUT2D eigenvalue weighted by Crippen LogP contribution is -2.37. The third-order valence-corrected chi connectivity index (χ3v) is 6.23. The number of nitrogens with one attached hydrogen (secondary N) is 2. The summed E-state index contributed by atoms with van der Waals surface area (Å²) in [6.45, 7) is 3.66. The Morgan fingerprint density at radius 3 is 2.42 bits per heavy atom. The molecule has 0 spiro atoms. The van der Waals surface area contributed by atoms with Gasteiger partial charge in [0.2, 0.25) is 15.9 Å². The molecule has 1 heterocycles. The van der Waals surface area contributed by atoms with E-state index in [2.05, 4.69) is 15.6 Å². The number of para-hydroxylation sites is 1. The average molecular weight is 467 g/mol. The Balaban J connectivity index is 1.75. The predicted octanol–water partition coefficient (Wildman–Crippen LogP) is 3.03. The second-order valence-corrected chi connectivity index (χ2v) is 9.58. The van der Waals surface area contributed by atoms with Crippen LogP contribution in [0.15, 0.2) is 67.0 Å². The van der Waals surface area contributed by atoms with Crippen molar-refractivity contribution >= 4 is 33.2 Å². The molecule has 0 aliphatic carbocycles. The number of rotatable bonds is 8. The number of benzene rings is 2. The van der Waals surface area contributed by atoms with Crippen molar-refractivity contribution in [2.24, 2.45) is 0 Å². The molecule has 2 aromatic carbocycles. The van der Waals surface area contributed by atoms with Gasteiger partial charge in [-0.3, -0.25) is 18.9 Å². The molecule has 9 heteroatoms. The van der Waals surface area contributed by atoms with Crippen molar-refractivity contribution < 1.29 is 18.0 Å². The fourth-order valence-corrected chi connectivity index (χ4v) is 4.02. The molecule has 0 atom stereocenters. The fraction of sp³-hybridized carbons (Fsp3) is 0.208. The first-order valence-electron chi connectivity index (χ1n) is 10.3. The third-order valence-electron chi connectivity index (χ3n) is 5.09. The maximum atomic E-state index is 12.8. The van der Waals surface area contributed by atoms with E-state index in [9.17, 15) is 18.0 Å². The van der Waals surface area contributed by atoms with Crippen molar-refractivity contribution in [3.8, 4) is 0 Å². The lowest BCUT2D eigenvalue weighted by molar-refractivity contribution is -0.114. The normalized spacial score (nSPS) is 11.0. The highest BCUT2D eigenvalue weighted by atomic mass is 32.2. The largest absolute Gasteiger partial charge is 0.348 e. The van der Waals surface area contributed by atoms with Crippen LogP contribution in [0.5, 0.6) is 0 Å². The van der Waals surface area contributed by atoms with Crippen molar-refractivity contribution in [3.05, 3.63) is 89.2 Å². The van der Waals surface area contributed by atoms with Crippen molar-refractivity contribution in [2.75, 3.05) is 22.4 Å². The maximum absolute atomic E-state index is 12.8. The molecule has 0 aliphatic rings. The molecular weight excluding hydrogens is 440 g/mol. The molecule has 2 N–H and O–H groups in total. The monoisotopic (exact) mass is 466 g/mol. The van der Waals surface area contributed by atoms with Crippen LogP contribution in [0.2, 0.25) is 0 Å². The van der Waals surface area contributed by atoms with Crippen molar-refractivity contribution in [1.82, 2.24) is 10.3 Å². The topological polar surface area (TPSA) is 108 Å². The number of hydrogen-bond acceptors (Lipinski definition) is 5. The molecule has 0 radical (unpaired) electrons. The summed E-state index contributed by atoms with van der Waals surface area (Å²) in [6, 6.07) is 15.4. The van der Waals surface area contributed by atoms with Crippen LogP contribution in [0.4, 0.5) is 11.4 Å². The summed E-state index contributed by atoms with van der Waals surface area (Å²) in [6.07, 6.45) is 4.35. The van der Waals surface area contributed by atoms with Crippen LogP contribution >= 0.6 is 0 Å². The first kappa shape index (κ1) is 23.9. The molecule has 8 nitrogen and oxygen atoms in total. The number of pyridine rings is 1. The number of carbonyl (C=O) groups is 2. The molecule has 172 valence electrons. The first-order valence-corrected chi connectivity index (χ1v) is 12.1. The standard InChI is InChI=1S/C24H26N4O4S/c1-17-10-11-20(13-18(17)2)28(33(3,31)32)16-23(29)27-22-9-5-4-8-21(22)24(30)26-15-19-7-6-12-25-14-19/h4-14H,15-16H2,1-3H3,(H,26,30)(H,27,29). The van der Waals surface area contributed by atoms with E-state index in [-0.39, 0.29) is 18.0 Å². The summed E-state index contributed by atoms with van der Waals surface area (Å²) < 4.78 is 25.8. The van der Waals surface area contributed by atoms with Crippen LogP contribution in [0.3, 0.4) is 0 Å². The van der Waals surface area contributed by atoms with Gasteiger partial charge in [0.05, 0.1) is 23.2 Å². The SMILES string of the molecule is Cc1ccc(N(CC(=O)Nc2ccccc2C(=O)NCc2cccnc2)S(C)(=O)=O)cc1C. The summed E-state index contributed by atoms with van der Waals surface area (Å²) in [5.74, 6) is -0.935. The lowest BCUT2D eigenvalue weighted by Gasteiger charge is -2.23. The lowest BCUT2D eigenvalue weighted by atomic mass is 10.1. The maximum Gasteiger partial charge on any atom is 0.253 e. The predicted molar refractivity (Wildman–Crippen MR) is 129 cm³/mol. The Labute approximate surface area is 193 Å². The number of hydrogen-bond donors (Lipinski definition) is 2. The van der Waals surface area contributed by atoms with Crippen molar-refractivity contribution in [3.63, 3.8) is 0 Å². The van der Waals surface area contributed by atoms with E-state index in [1.165, 1.54) is 0 Å². The van der Waals surface area contributed by atoms with Gasteiger partial charge in [-0.15, -0.1) is 0 Å². The van der Waals surface area contributed by atoms with Gasteiger partial charge < -0.3 is 10.6 Å². The van der Waals surface area contributed by atoms with Gasteiger partial charge >= 0.3 is 0 Å². The minimum absolute atomic E-state index is 0.270. The zero-order valence-electron chi connectivity index (χ0n) is 18.7. The van der Waals surface area contributed by atoms with Gasteiger partial charge in [0.1, 0.15) is 6.54 Å². The van der Waals surface area contributed by atoms with Crippen LogP contribution in [0.1, 0.15) is 27.0 Å². The summed E-state index contributed by atoms with van der Waals surface area (Å²) in [5, 5.41) is 5.46. The molecule has 0 unspecified atom stereocenters. The van der Waals surface area contributed by atoms with Crippen LogP contribution in [0.25, 0.3) is 0 Å². The molecule has 1 aromatic heterocycles. The second kappa shape index (κ2) is 10.3. The molecule has 2 amide bonds. The molecule has 0 fully saturated rings. The van der Waals surface area contributed by atoms with E-state index in [0.717, 1.165) is 27.3 Å². The van der Waals surface area contributed by atoms with Gasteiger partial charge in [-0.05, 0) is 60.9 Å².